The Kier molecular flexibility index (Phi) is 5.23. The quantitative estimate of drug-likeness (QED) is 0.750. The molecule has 1 amide bonds. The smallest absolute Gasteiger partial charge is 0.249 e. The number of carbonyl (C=O) groups is 1. The van der Waals surface area contributed by atoms with E-state index in [1.54, 1.807) is 6.92 Å². The summed E-state index contributed by atoms with van der Waals surface area (Å²) in [5.41, 5.74) is 1.86. The number of nitrogens with one attached hydrogen (secondary N) is 1. The Balaban J connectivity index is 1.54. The maximum absolute atomic E-state index is 12.7. The molecule has 2 aromatic heterocycles. The fourth-order valence-electron chi connectivity index (χ4n) is 3.98. The number of hydrogen-bond acceptors (Lipinski definition) is 4. The molecule has 1 fully saturated rings. The van der Waals surface area contributed by atoms with Gasteiger partial charge in [0.25, 0.3) is 0 Å². The molecule has 4 rings (SSSR count). The number of hydrogen-bond donors (Lipinski definition) is 1. The number of aryl methyl sites for hydroxylation is 1. The molecular weight excluding hydrogens is 340 g/mol. The molecule has 27 heavy (non-hydrogen) atoms. The zero-order chi connectivity index (χ0) is 18.6. The van der Waals surface area contributed by atoms with Crippen LogP contribution < -0.4 is 5.32 Å². The van der Waals surface area contributed by atoms with Crippen molar-refractivity contribution in [3.63, 3.8) is 0 Å². The topological polar surface area (TPSA) is 73.0 Å². The number of carbonyl (C=O) groups excluding carboxylic acids is 1. The van der Waals surface area contributed by atoms with Crippen molar-refractivity contribution in [2.45, 2.75) is 64.5 Å². The molecule has 0 saturated heterocycles. The van der Waals surface area contributed by atoms with Crippen molar-refractivity contribution in [1.82, 2.24) is 20.1 Å². The Bertz CT molecular complexity index is 919. The van der Waals surface area contributed by atoms with Crippen LogP contribution in [-0.2, 0) is 11.3 Å². The predicted octanol–water partition coefficient (Wildman–Crippen LogP) is 4.23. The van der Waals surface area contributed by atoms with Crippen molar-refractivity contribution in [2.24, 2.45) is 0 Å². The third kappa shape index (κ3) is 4.04. The maximum Gasteiger partial charge on any atom is 0.249 e. The van der Waals surface area contributed by atoms with Gasteiger partial charge in [-0.1, -0.05) is 50.3 Å². The molecule has 3 aromatic rings. The SMILES string of the molecule is Cc1nnc(-c2cn(CC(=O)NC3CCCCCCC3)c3ccccc23)o1. The van der Waals surface area contributed by atoms with Gasteiger partial charge in [-0.3, -0.25) is 4.79 Å². The van der Waals surface area contributed by atoms with Crippen molar-refractivity contribution >= 4 is 16.8 Å². The molecule has 6 heteroatoms. The molecule has 1 aliphatic carbocycles. The highest BCUT2D eigenvalue weighted by Gasteiger charge is 2.18. The monoisotopic (exact) mass is 366 g/mol. The first-order valence-electron chi connectivity index (χ1n) is 9.88. The molecule has 0 bridgehead atoms. The van der Waals surface area contributed by atoms with Crippen LogP contribution >= 0.6 is 0 Å². The lowest BCUT2D eigenvalue weighted by atomic mass is 9.97. The average Bonchev–Trinajstić information content (AvgIpc) is 3.21. The first kappa shape index (κ1) is 17.8. The van der Waals surface area contributed by atoms with E-state index in [-0.39, 0.29) is 5.91 Å². The van der Waals surface area contributed by atoms with Crippen LogP contribution in [0.5, 0.6) is 0 Å². The molecule has 2 heterocycles. The lowest BCUT2D eigenvalue weighted by Gasteiger charge is -2.21. The van der Waals surface area contributed by atoms with Crippen molar-refractivity contribution in [3.05, 3.63) is 36.4 Å². The van der Waals surface area contributed by atoms with Gasteiger partial charge in [0.2, 0.25) is 17.7 Å². The van der Waals surface area contributed by atoms with Crippen molar-refractivity contribution in [2.75, 3.05) is 0 Å². The number of aromatic nitrogens is 3. The highest BCUT2D eigenvalue weighted by atomic mass is 16.4. The standard InChI is InChI=1S/C21H26N4O2/c1-15-23-24-21(27-15)18-13-25(19-12-8-7-11-17(18)19)14-20(26)22-16-9-5-3-2-4-6-10-16/h7-8,11-13,16H,2-6,9-10,14H2,1H3,(H,22,26). The molecule has 1 N–H and O–H groups in total. The number of nitrogens with zero attached hydrogens (tertiary/aromatic N) is 3. The van der Waals surface area contributed by atoms with E-state index >= 15 is 0 Å². The normalized spacial score (nSPS) is 16.2. The zero-order valence-electron chi connectivity index (χ0n) is 15.8. The van der Waals surface area contributed by atoms with Gasteiger partial charge in [-0.2, -0.15) is 0 Å². The van der Waals surface area contributed by atoms with Crippen LogP contribution in [-0.4, -0.2) is 26.7 Å². The van der Waals surface area contributed by atoms with E-state index in [4.69, 9.17) is 4.42 Å². The second kappa shape index (κ2) is 7.94. The second-order valence-corrected chi connectivity index (χ2v) is 7.42. The molecule has 1 saturated carbocycles. The molecule has 1 aliphatic rings. The third-order valence-corrected chi connectivity index (χ3v) is 5.33. The largest absolute Gasteiger partial charge is 0.421 e. The summed E-state index contributed by atoms with van der Waals surface area (Å²) in [5, 5.41) is 12.3. The predicted molar refractivity (Wildman–Crippen MR) is 104 cm³/mol. The van der Waals surface area contributed by atoms with Gasteiger partial charge in [0.1, 0.15) is 6.54 Å². The lowest BCUT2D eigenvalue weighted by Crippen LogP contribution is -2.37. The number of rotatable bonds is 4. The van der Waals surface area contributed by atoms with Crippen LogP contribution in [0.2, 0.25) is 0 Å². The van der Waals surface area contributed by atoms with Gasteiger partial charge in [-0.15, -0.1) is 10.2 Å². The molecule has 142 valence electrons. The lowest BCUT2D eigenvalue weighted by molar-refractivity contribution is -0.122. The van der Waals surface area contributed by atoms with Gasteiger partial charge in [0, 0.05) is 30.1 Å². The summed E-state index contributed by atoms with van der Waals surface area (Å²) in [6.07, 6.45) is 10.4. The van der Waals surface area contributed by atoms with E-state index < -0.39 is 0 Å². The Hall–Kier alpha value is -2.63. The van der Waals surface area contributed by atoms with E-state index in [0.29, 0.717) is 24.4 Å². The van der Waals surface area contributed by atoms with Crippen LogP contribution in [0.25, 0.3) is 22.4 Å². The zero-order valence-corrected chi connectivity index (χ0v) is 15.8. The number of fused-ring (bicyclic) bond motifs is 1. The fourth-order valence-corrected chi connectivity index (χ4v) is 3.98. The van der Waals surface area contributed by atoms with Gasteiger partial charge >= 0.3 is 0 Å². The third-order valence-electron chi connectivity index (χ3n) is 5.33. The Morgan fingerprint density at radius 1 is 1.15 bits per heavy atom. The second-order valence-electron chi connectivity index (χ2n) is 7.42. The first-order valence-corrected chi connectivity index (χ1v) is 9.88. The number of para-hydroxylation sites is 1. The van der Waals surface area contributed by atoms with Gasteiger partial charge < -0.3 is 14.3 Å². The van der Waals surface area contributed by atoms with E-state index in [9.17, 15) is 4.79 Å². The van der Waals surface area contributed by atoms with Crippen molar-refractivity contribution in [3.8, 4) is 11.5 Å². The highest BCUT2D eigenvalue weighted by Crippen LogP contribution is 2.29. The fraction of sp³-hybridized carbons (Fsp3) is 0.476. The molecule has 0 spiro atoms. The number of amides is 1. The van der Waals surface area contributed by atoms with Crippen molar-refractivity contribution in [1.29, 1.82) is 0 Å². The van der Waals surface area contributed by atoms with Crippen LogP contribution in [0.4, 0.5) is 0 Å². The summed E-state index contributed by atoms with van der Waals surface area (Å²) in [7, 11) is 0. The average molecular weight is 366 g/mol. The molecule has 0 unspecified atom stereocenters. The summed E-state index contributed by atoms with van der Waals surface area (Å²) in [6, 6.07) is 8.30. The molecule has 6 nitrogen and oxygen atoms in total. The maximum atomic E-state index is 12.7. The Morgan fingerprint density at radius 2 is 1.89 bits per heavy atom. The van der Waals surface area contributed by atoms with Crippen molar-refractivity contribution < 1.29 is 9.21 Å². The Labute approximate surface area is 159 Å². The van der Waals surface area contributed by atoms with Gasteiger partial charge in [0.15, 0.2) is 0 Å². The van der Waals surface area contributed by atoms with Crippen LogP contribution in [0, 0.1) is 6.92 Å². The van der Waals surface area contributed by atoms with Gasteiger partial charge in [-0.05, 0) is 18.9 Å². The van der Waals surface area contributed by atoms with Gasteiger partial charge in [-0.25, -0.2) is 0 Å². The molecule has 0 aliphatic heterocycles. The van der Waals surface area contributed by atoms with E-state index in [0.717, 1.165) is 29.3 Å². The summed E-state index contributed by atoms with van der Waals surface area (Å²) in [5.74, 6) is 1.08. The first-order chi connectivity index (χ1) is 13.2. The van der Waals surface area contributed by atoms with Crippen LogP contribution in [0.3, 0.4) is 0 Å². The minimum Gasteiger partial charge on any atom is -0.421 e. The molecule has 0 radical (unpaired) electrons. The van der Waals surface area contributed by atoms with E-state index in [1.165, 1.54) is 32.1 Å². The molecule has 1 aromatic carbocycles. The summed E-state index contributed by atoms with van der Waals surface area (Å²) in [6.45, 7) is 2.07. The number of benzene rings is 1. The van der Waals surface area contributed by atoms with Gasteiger partial charge in [0.05, 0.1) is 5.56 Å². The van der Waals surface area contributed by atoms with E-state index in [2.05, 4.69) is 15.5 Å². The summed E-state index contributed by atoms with van der Waals surface area (Å²) in [4.78, 5) is 12.7. The minimum absolute atomic E-state index is 0.0644. The van der Waals surface area contributed by atoms with E-state index in [1.807, 2.05) is 35.0 Å². The summed E-state index contributed by atoms with van der Waals surface area (Å²) < 4.78 is 7.58. The highest BCUT2D eigenvalue weighted by molar-refractivity contribution is 5.94. The summed E-state index contributed by atoms with van der Waals surface area (Å²) >= 11 is 0. The minimum atomic E-state index is 0.0644. The molecule has 0 atom stereocenters. The van der Waals surface area contributed by atoms with Crippen LogP contribution in [0.1, 0.15) is 50.8 Å². The van der Waals surface area contributed by atoms with Crippen LogP contribution in [0.15, 0.2) is 34.9 Å². The Morgan fingerprint density at radius 3 is 2.63 bits per heavy atom. The molecular formula is C21H26N4O2.